The number of H-pyrrole nitrogens is 1. The molecule has 0 spiro atoms. The van der Waals surface area contributed by atoms with Crippen LogP contribution in [0.2, 0.25) is 0 Å². The first-order valence-electron chi connectivity index (χ1n) is 5.63. The molecule has 2 nitrogen and oxygen atoms in total. The van der Waals surface area contributed by atoms with Crippen molar-refractivity contribution in [3.8, 4) is 0 Å². The number of allylic oxidation sites excluding steroid dienone is 2. The maximum Gasteiger partial charge on any atom is 0.113 e. The van der Waals surface area contributed by atoms with E-state index in [9.17, 15) is 5.11 Å². The van der Waals surface area contributed by atoms with E-state index >= 15 is 0 Å². The summed E-state index contributed by atoms with van der Waals surface area (Å²) < 4.78 is 0. The molecule has 15 heavy (non-hydrogen) atoms. The van der Waals surface area contributed by atoms with Crippen molar-refractivity contribution in [3.05, 3.63) is 40.7 Å². The Balaban J connectivity index is 2.17. The summed E-state index contributed by atoms with van der Waals surface area (Å²) >= 11 is 0. The summed E-state index contributed by atoms with van der Waals surface area (Å²) in [6.07, 6.45) is 12.2. The van der Waals surface area contributed by atoms with Gasteiger partial charge in [0.15, 0.2) is 0 Å². The number of nitrogens with one attached hydrogen (secondary N) is 1. The smallest absolute Gasteiger partial charge is 0.113 e. The summed E-state index contributed by atoms with van der Waals surface area (Å²) in [6.45, 7) is 0. The molecule has 2 aliphatic rings. The first-order valence-corrected chi connectivity index (χ1v) is 5.63. The molecule has 78 valence electrons. The van der Waals surface area contributed by atoms with E-state index in [0.717, 1.165) is 18.5 Å². The van der Waals surface area contributed by atoms with Crippen LogP contribution in [0.3, 0.4) is 0 Å². The highest BCUT2D eigenvalue weighted by Crippen LogP contribution is 2.32. The van der Waals surface area contributed by atoms with Crippen LogP contribution in [0.1, 0.15) is 41.5 Å². The molecule has 0 amide bonds. The molecule has 1 unspecified atom stereocenters. The normalized spacial score (nSPS) is 23.4. The highest BCUT2D eigenvalue weighted by molar-refractivity contribution is 5.62. The first kappa shape index (κ1) is 8.98. The van der Waals surface area contributed by atoms with Crippen molar-refractivity contribution in [1.29, 1.82) is 0 Å². The summed E-state index contributed by atoms with van der Waals surface area (Å²) in [6, 6.07) is 0. The van der Waals surface area contributed by atoms with Gasteiger partial charge >= 0.3 is 0 Å². The van der Waals surface area contributed by atoms with Crippen LogP contribution in [0.4, 0.5) is 0 Å². The summed E-state index contributed by atoms with van der Waals surface area (Å²) in [5.74, 6) is 0. The van der Waals surface area contributed by atoms with Gasteiger partial charge in [-0.1, -0.05) is 24.3 Å². The zero-order valence-electron chi connectivity index (χ0n) is 8.66. The first-order chi connectivity index (χ1) is 7.36. The fraction of sp³-hybridized carbons (Fsp3) is 0.385. The van der Waals surface area contributed by atoms with E-state index in [4.69, 9.17) is 0 Å². The van der Waals surface area contributed by atoms with Crippen LogP contribution in [-0.2, 0) is 12.8 Å². The van der Waals surface area contributed by atoms with Crippen molar-refractivity contribution in [2.24, 2.45) is 0 Å². The molecule has 0 radical (unpaired) electrons. The Morgan fingerprint density at radius 1 is 1.20 bits per heavy atom. The number of hydrogen-bond donors (Lipinski definition) is 2. The monoisotopic (exact) mass is 201 g/mol. The molecule has 0 bridgehead atoms. The highest BCUT2D eigenvalue weighted by atomic mass is 16.3. The van der Waals surface area contributed by atoms with Gasteiger partial charge in [0.05, 0.1) is 5.69 Å². The Morgan fingerprint density at radius 2 is 2.07 bits per heavy atom. The molecule has 2 aliphatic carbocycles. The molecular weight excluding hydrogens is 186 g/mol. The summed E-state index contributed by atoms with van der Waals surface area (Å²) in [5, 5.41) is 9.93. The lowest BCUT2D eigenvalue weighted by Crippen LogP contribution is -2.00. The average molecular weight is 201 g/mol. The van der Waals surface area contributed by atoms with Gasteiger partial charge in [-0.05, 0) is 31.2 Å². The van der Waals surface area contributed by atoms with Crippen LogP contribution < -0.4 is 0 Å². The predicted molar refractivity (Wildman–Crippen MR) is 60.6 cm³/mol. The van der Waals surface area contributed by atoms with Crippen LogP contribution in [0.5, 0.6) is 0 Å². The van der Waals surface area contributed by atoms with Crippen LogP contribution in [0.25, 0.3) is 6.08 Å². The molecule has 0 aromatic carbocycles. The Labute approximate surface area is 89.3 Å². The van der Waals surface area contributed by atoms with Gasteiger partial charge in [0, 0.05) is 11.3 Å². The fourth-order valence-electron chi connectivity index (χ4n) is 2.57. The van der Waals surface area contributed by atoms with Gasteiger partial charge in [-0.3, -0.25) is 0 Å². The lowest BCUT2D eigenvalue weighted by Gasteiger charge is -2.11. The number of hydrogen-bond acceptors (Lipinski definition) is 1. The van der Waals surface area contributed by atoms with Crippen molar-refractivity contribution in [1.82, 2.24) is 4.98 Å². The second-order valence-corrected chi connectivity index (χ2v) is 4.31. The van der Waals surface area contributed by atoms with Crippen molar-refractivity contribution in [2.75, 3.05) is 0 Å². The molecule has 1 aromatic heterocycles. The van der Waals surface area contributed by atoms with E-state index in [0.29, 0.717) is 0 Å². The second kappa shape index (κ2) is 3.38. The molecule has 0 saturated heterocycles. The zero-order chi connectivity index (χ0) is 10.3. The predicted octanol–water partition coefficient (Wildman–Crippen LogP) is 2.51. The summed E-state index contributed by atoms with van der Waals surface area (Å²) in [7, 11) is 0. The summed E-state index contributed by atoms with van der Waals surface area (Å²) in [5.41, 5.74) is 4.97. The van der Waals surface area contributed by atoms with Gasteiger partial charge in [0.1, 0.15) is 6.10 Å². The number of rotatable bonds is 0. The largest absolute Gasteiger partial charge is 0.383 e. The topological polar surface area (TPSA) is 36.0 Å². The van der Waals surface area contributed by atoms with E-state index < -0.39 is 6.10 Å². The lowest BCUT2D eigenvalue weighted by molar-refractivity contribution is 0.224. The van der Waals surface area contributed by atoms with Gasteiger partial charge < -0.3 is 10.1 Å². The molecule has 2 heteroatoms. The van der Waals surface area contributed by atoms with Crippen molar-refractivity contribution in [2.45, 2.75) is 31.8 Å². The standard InChI is InChI=1S/C13H15NO/c15-12-8-4-2-6-10-9-5-1-3-7-11(9)14-13(10)12/h2,4,6,8,12,14-15H,1,3,5,7H2. The number of aromatic nitrogens is 1. The molecule has 2 N–H and O–H groups in total. The van der Waals surface area contributed by atoms with Gasteiger partial charge in [-0.15, -0.1) is 0 Å². The molecular formula is C13H15NO. The maximum atomic E-state index is 9.93. The quantitative estimate of drug-likeness (QED) is 0.664. The van der Waals surface area contributed by atoms with Crippen molar-refractivity contribution in [3.63, 3.8) is 0 Å². The van der Waals surface area contributed by atoms with Crippen LogP contribution in [-0.4, -0.2) is 10.1 Å². The van der Waals surface area contributed by atoms with Crippen LogP contribution >= 0.6 is 0 Å². The van der Waals surface area contributed by atoms with Crippen molar-refractivity contribution < 1.29 is 5.11 Å². The van der Waals surface area contributed by atoms with Gasteiger partial charge in [0.25, 0.3) is 0 Å². The zero-order valence-corrected chi connectivity index (χ0v) is 8.66. The van der Waals surface area contributed by atoms with Gasteiger partial charge in [0.2, 0.25) is 0 Å². The number of aryl methyl sites for hydroxylation is 1. The van der Waals surface area contributed by atoms with Gasteiger partial charge in [-0.25, -0.2) is 0 Å². The fourth-order valence-corrected chi connectivity index (χ4v) is 2.57. The van der Waals surface area contributed by atoms with E-state index in [2.05, 4.69) is 11.1 Å². The highest BCUT2D eigenvalue weighted by Gasteiger charge is 2.21. The van der Waals surface area contributed by atoms with E-state index in [1.807, 2.05) is 18.2 Å². The Kier molecular flexibility index (Phi) is 2.03. The minimum absolute atomic E-state index is 0.472. The third-order valence-electron chi connectivity index (χ3n) is 3.33. The number of aromatic amines is 1. The number of aliphatic hydroxyl groups is 1. The van der Waals surface area contributed by atoms with E-state index in [1.165, 1.54) is 29.7 Å². The molecule has 0 aliphatic heterocycles. The average Bonchev–Trinajstić information content (AvgIpc) is 2.54. The Hall–Kier alpha value is -1.28. The minimum atomic E-state index is -0.472. The lowest BCUT2D eigenvalue weighted by atomic mass is 9.94. The third-order valence-corrected chi connectivity index (χ3v) is 3.33. The maximum absolute atomic E-state index is 9.93. The second-order valence-electron chi connectivity index (χ2n) is 4.31. The van der Waals surface area contributed by atoms with E-state index in [-0.39, 0.29) is 0 Å². The molecule has 1 heterocycles. The summed E-state index contributed by atoms with van der Waals surface area (Å²) in [4.78, 5) is 3.39. The van der Waals surface area contributed by atoms with Crippen LogP contribution in [0, 0.1) is 0 Å². The SMILES string of the molecule is OC1C=CC=Cc2c1[nH]c1c2CCCC1. The number of aliphatic hydroxyl groups excluding tert-OH is 1. The molecule has 0 saturated carbocycles. The Morgan fingerprint density at radius 3 is 3.00 bits per heavy atom. The van der Waals surface area contributed by atoms with Gasteiger partial charge in [-0.2, -0.15) is 0 Å². The molecule has 1 atom stereocenters. The molecule has 3 rings (SSSR count). The molecule has 1 aromatic rings. The Bertz CT molecular complexity index is 440. The number of fused-ring (bicyclic) bond motifs is 3. The minimum Gasteiger partial charge on any atom is -0.383 e. The van der Waals surface area contributed by atoms with E-state index in [1.54, 1.807) is 0 Å². The third kappa shape index (κ3) is 1.37. The van der Waals surface area contributed by atoms with Crippen molar-refractivity contribution >= 4 is 6.08 Å². The molecule has 0 fully saturated rings. The van der Waals surface area contributed by atoms with Crippen LogP contribution in [0.15, 0.2) is 18.2 Å².